The highest BCUT2D eigenvalue weighted by Crippen LogP contribution is 2.34. The van der Waals surface area contributed by atoms with Gasteiger partial charge in [-0.3, -0.25) is 0 Å². The average Bonchev–Trinajstić information content (AvgIpc) is 2.68. The lowest BCUT2D eigenvalue weighted by molar-refractivity contribution is -0.231. The molecule has 0 spiro atoms. The molecule has 0 aromatic carbocycles. The predicted molar refractivity (Wildman–Crippen MR) is 62.7 cm³/mol. The van der Waals surface area contributed by atoms with Crippen LogP contribution >= 0.6 is 0 Å². The third-order valence-electron chi connectivity index (χ3n) is 2.74. The smallest absolute Gasteiger partial charge is 0.168 e. The van der Waals surface area contributed by atoms with Crippen molar-refractivity contribution in [3.8, 4) is 0 Å². The molecule has 15 heavy (non-hydrogen) atoms. The Morgan fingerprint density at radius 1 is 0.933 bits per heavy atom. The Bertz CT molecular complexity index is 177. The van der Waals surface area contributed by atoms with Crippen molar-refractivity contribution >= 4 is 0 Å². The molecule has 0 amide bonds. The fourth-order valence-electron chi connectivity index (χ4n) is 1.90. The minimum atomic E-state index is -0.300. The Hall–Kier alpha value is -0.600. The van der Waals surface area contributed by atoms with Crippen LogP contribution in [0, 0.1) is 0 Å². The Kier molecular flexibility index (Phi) is 5.66. The van der Waals surface area contributed by atoms with E-state index >= 15 is 0 Å². The van der Waals surface area contributed by atoms with Gasteiger partial charge in [0.15, 0.2) is 5.79 Å². The second-order valence-corrected chi connectivity index (χ2v) is 3.97. The minimum absolute atomic E-state index is 0.300. The van der Waals surface area contributed by atoms with Crippen LogP contribution in [-0.4, -0.2) is 19.0 Å². The van der Waals surface area contributed by atoms with E-state index in [1.165, 1.54) is 12.8 Å². The second-order valence-electron chi connectivity index (χ2n) is 3.97. The maximum absolute atomic E-state index is 5.85. The van der Waals surface area contributed by atoms with E-state index in [9.17, 15) is 0 Å². The molecule has 1 saturated carbocycles. The third kappa shape index (κ3) is 4.18. The molecule has 2 heteroatoms. The van der Waals surface area contributed by atoms with E-state index in [1.54, 1.807) is 0 Å². The summed E-state index contributed by atoms with van der Waals surface area (Å²) in [5, 5.41) is 0. The summed E-state index contributed by atoms with van der Waals surface area (Å²) in [6, 6.07) is 0. The van der Waals surface area contributed by atoms with Crippen LogP contribution in [0.3, 0.4) is 0 Å². The fourth-order valence-corrected chi connectivity index (χ4v) is 1.90. The molecule has 86 valence electrons. The van der Waals surface area contributed by atoms with E-state index in [2.05, 4.69) is 13.2 Å². The van der Waals surface area contributed by atoms with E-state index < -0.39 is 0 Å². The van der Waals surface area contributed by atoms with Gasteiger partial charge in [-0.15, -0.1) is 13.2 Å². The standard InChI is InChI=1S/C13H22O2/c1-3-5-11-14-13(9-7-8-10-13)15-12-6-4-2/h3-4H,1-2,5-12H2. The van der Waals surface area contributed by atoms with Gasteiger partial charge in [0.2, 0.25) is 0 Å². The zero-order valence-corrected chi connectivity index (χ0v) is 9.54. The van der Waals surface area contributed by atoms with Crippen LogP contribution in [0.15, 0.2) is 25.3 Å². The van der Waals surface area contributed by atoms with Crippen LogP contribution in [0.1, 0.15) is 38.5 Å². The van der Waals surface area contributed by atoms with Gasteiger partial charge in [0, 0.05) is 12.8 Å². The quantitative estimate of drug-likeness (QED) is 0.347. The first-order chi connectivity index (χ1) is 7.33. The zero-order chi connectivity index (χ0) is 11.0. The van der Waals surface area contributed by atoms with E-state index in [0.717, 1.165) is 38.9 Å². The second kappa shape index (κ2) is 6.81. The largest absolute Gasteiger partial charge is 0.350 e. The van der Waals surface area contributed by atoms with Crippen molar-refractivity contribution in [2.75, 3.05) is 13.2 Å². The molecule has 1 fully saturated rings. The lowest BCUT2D eigenvalue weighted by Gasteiger charge is -2.29. The average molecular weight is 210 g/mol. The molecule has 0 aromatic heterocycles. The summed E-state index contributed by atoms with van der Waals surface area (Å²) in [7, 11) is 0. The van der Waals surface area contributed by atoms with Crippen molar-refractivity contribution in [3.63, 3.8) is 0 Å². The highest BCUT2D eigenvalue weighted by molar-refractivity contribution is 4.79. The van der Waals surface area contributed by atoms with Crippen LogP contribution in [0.5, 0.6) is 0 Å². The molecule has 0 heterocycles. The zero-order valence-electron chi connectivity index (χ0n) is 9.54. The molecule has 0 aliphatic heterocycles. The molecule has 0 bridgehead atoms. The summed E-state index contributed by atoms with van der Waals surface area (Å²) in [6.07, 6.45) is 10.0. The van der Waals surface area contributed by atoms with Gasteiger partial charge >= 0.3 is 0 Å². The van der Waals surface area contributed by atoms with Crippen molar-refractivity contribution in [2.24, 2.45) is 0 Å². The molecule has 0 unspecified atom stereocenters. The molecule has 0 radical (unpaired) electrons. The summed E-state index contributed by atoms with van der Waals surface area (Å²) < 4.78 is 11.7. The predicted octanol–water partition coefficient (Wildman–Crippen LogP) is 3.44. The molecule has 0 N–H and O–H groups in total. The first-order valence-electron chi connectivity index (χ1n) is 5.83. The summed E-state index contributed by atoms with van der Waals surface area (Å²) in [4.78, 5) is 0. The van der Waals surface area contributed by atoms with Crippen LogP contribution in [0.4, 0.5) is 0 Å². The van der Waals surface area contributed by atoms with Gasteiger partial charge in [0.05, 0.1) is 13.2 Å². The molecular formula is C13H22O2. The number of hydrogen-bond donors (Lipinski definition) is 0. The van der Waals surface area contributed by atoms with Gasteiger partial charge in [0.25, 0.3) is 0 Å². The number of rotatable bonds is 8. The van der Waals surface area contributed by atoms with Crippen LogP contribution in [0.2, 0.25) is 0 Å². The van der Waals surface area contributed by atoms with Gasteiger partial charge in [-0.2, -0.15) is 0 Å². The maximum atomic E-state index is 5.85. The normalized spacial score (nSPS) is 18.9. The van der Waals surface area contributed by atoms with Crippen molar-refractivity contribution in [2.45, 2.75) is 44.3 Å². The van der Waals surface area contributed by atoms with Crippen molar-refractivity contribution < 1.29 is 9.47 Å². The summed E-state index contributed by atoms with van der Waals surface area (Å²) >= 11 is 0. The number of hydrogen-bond acceptors (Lipinski definition) is 2. The molecule has 2 nitrogen and oxygen atoms in total. The van der Waals surface area contributed by atoms with E-state index in [1.807, 2.05) is 12.2 Å². The molecule has 1 aliphatic rings. The Morgan fingerprint density at radius 2 is 1.40 bits per heavy atom. The van der Waals surface area contributed by atoms with Crippen LogP contribution < -0.4 is 0 Å². The Morgan fingerprint density at radius 3 is 1.80 bits per heavy atom. The fraction of sp³-hybridized carbons (Fsp3) is 0.692. The lowest BCUT2D eigenvalue weighted by Crippen LogP contribution is -2.33. The van der Waals surface area contributed by atoms with Gasteiger partial charge in [-0.05, 0) is 25.7 Å². The summed E-state index contributed by atoms with van der Waals surface area (Å²) in [5.41, 5.74) is 0. The molecule has 0 atom stereocenters. The van der Waals surface area contributed by atoms with E-state index in [4.69, 9.17) is 9.47 Å². The van der Waals surface area contributed by atoms with Crippen molar-refractivity contribution in [1.82, 2.24) is 0 Å². The van der Waals surface area contributed by atoms with Gasteiger partial charge in [-0.25, -0.2) is 0 Å². The summed E-state index contributed by atoms with van der Waals surface area (Å²) in [5.74, 6) is -0.300. The Balaban J connectivity index is 2.31. The molecule has 0 saturated heterocycles. The van der Waals surface area contributed by atoms with Gasteiger partial charge < -0.3 is 9.47 Å². The highest BCUT2D eigenvalue weighted by Gasteiger charge is 2.35. The molecular weight excluding hydrogens is 188 g/mol. The Labute approximate surface area is 93.0 Å². The van der Waals surface area contributed by atoms with Crippen LogP contribution in [0.25, 0.3) is 0 Å². The molecule has 1 rings (SSSR count). The molecule has 0 aromatic rings. The highest BCUT2D eigenvalue weighted by atomic mass is 16.7. The SMILES string of the molecule is C=CCCOC1(OCCC=C)CCCC1. The first-order valence-corrected chi connectivity index (χ1v) is 5.83. The maximum Gasteiger partial charge on any atom is 0.168 e. The topological polar surface area (TPSA) is 18.5 Å². The van der Waals surface area contributed by atoms with Crippen LogP contribution in [-0.2, 0) is 9.47 Å². The summed E-state index contributed by atoms with van der Waals surface area (Å²) in [6.45, 7) is 8.82. The van der Waals surface area contributed by atoms with Gasteiger partial charge in [-0.1, -0.05) is 12.2 Å². The van der Waals surface area contributed by atoms with Crippen molar-refractivity contribution in [1.29, 1.82) is 0 Å². The van der Waals surface area contributed by atoms with Crippen molar-refractivity contribution in [3.05, 3.63) is 25.3 Å². The van der Waals surface area contributed by atoms with E-state index in [0.29, 0.717) is 0 Å². The van der Waals surface area contributed by atoms with Gasteiger partial charge in [0.1, 0.15) is 0 Å². The van der Waals surface area contributed by atoms with E-state index in [-0.39, 0.29) is 5.79 Å². The minimum Gasteiger partial charge on any atom is -0.350 e. The monoisotopic (exact) mass is 210 g/mol. The lowest BCUT2D eigenvalue weighted by atomic mass is 10.2. The third-order valence-corrected chi connectivity index (χ3v) is 2.74. The number of ether oxygens (including phenoxy) is 2. The molecule has 1 aliphatic carbocycles. The first kappa shape index (κ1) is 12.5.